The second-order valence-corrected chi connectivity index (χ2v) is 6.42. The lowest BCUT2D eigenvalue weighted by atomic mass is 10.1. The van der Waals surface area contributed by atoms with Crippen LogP contribution in [0, 0.1) is 17.0 Å². The number of nitro groups is 1. The summed E-state index contributed by atoms with van der Waals surface area (Å²) in [5, 5.41) is 17.3. The van der Waals surface area contributed by atoms with Gasteiger partial charge in [0.2, 0.25) is 0 Å². The van der Waals surface area contributed by atoms with Crippen LogP contribution in [0.3, 0.4) is 0 Å². The van der Waals surface area contributed by atoms with Gasteiger partial charge in [0, 0.05) is 37.9 Å². The number of aryl methyl sites for hydroxylation is 1. The highest BCUT2D eigenvalue weighted by atomic mass is 127. The number of halogens is 1. The standard InChI is InChI=1S/C21H28N4O4.HI/c1-4-22-21(23-14-17-6-9-19(10-7-17)25(26)27)24-15-18-8-5-16(2)13-20(18)29-12-11-28-3;/h5-10,13H,4,11-12,14-15H2,1-3H3,(H2,22,23,24);1H. The number of nitrogens with one attached hydrogen (secondary N) is 2. The summed E-state index contributed by atoms with van der Waals surface area (Å²) in [4.78, 5) is 14.9. The topological polar surface area (TPSA) is 98.0 Å². The zero-order chi connectivity index (χ0) is 21.1. The molecule has 0 aliphatic heterocycles. The Labute approximate surface area is 194 Å². The molecule has 0 aromatic heterocycles. The van der Waals surface area contributed by atoms with Gasteiger partial charge in [-0.25, -0.2) is 4.99 Å². The van der Waals surface area contributed by atoms with Crippen molar-refractivity contribution in [2.45, 2.75) is 26.9 Å². The van der Waals surface area contributed by atoms with Crippen molar-refractivity contribution in [3.63, 3.8) is 0 Å². The number of hydrogen-bond donors (Lipinski definition) is 2. The highest BCUT2D eigenvalue weighted by Crippen LogP contribution is 2.20. The lowest BCUT2D eigenvalue weighted by Gasteiger charge is -2.15. The summed E-state index contributed by atoms with van der Waals surface area (Å²) in [5.41, 5.74) is 3.11. The van der Waals surface area contributed by atoms with Gasteiger partial charge in [-0.05, 0) is 31.0 Å². The molecular formula is C21H29IN4O4. The minimum absolute atomic E-state index is 0. The molecule has 0 radical (unpaired) electrons. The first-order valence-electron chi connectivity index (χ1n) is 9.50. The summed E-state index contributed by atoms with van der Waals surface area (Å²) in [6.45, 7) is 6.72. The average molecular weight is 528 g/mol. The van der Waals surface area contributed by atoms with Gasteiger partial charge < -0.3 is 20.1 Å². The molecule has 164 valence electrons. The van der Waals surface area contributed by atoms with E-state index in [1.807, 2.05) is 32.0 Å². The third-order valence-corrected chi connectivity index (χ3v) is 4.13. The summed E-state index contributed by atoms with van der Waals surface area (Å²) < 4.78 is 10.9. The summed E-state index contributed by atoms with van der Waals surface area (Å²) in [6.07, 6.45) is 0. The van der Waals surface area contributed by atoms with Gasteiger partial charge in [0.25, 0.3) is 5.69 Å². The van der Waals surface area contributed by atoms with E-state index in [0.29, 0.717) is 32.3 Å². The second-order valence-electron chi connectivity index (χ2n) is 6.42. The highest BCUT2D eigenvalue weighted by Gasteiger charge is 2.07. The van der Waals surface area contributed by atoms with E-state index in [9.17, 15) is 10.1 Å². The summed E-state index contributed by atoms with van der Waals surface area (Å²) in [7, 11) is 1.65. The quantitative estimate of drug-likeness (QED) is 0.122. The van der Waals surface area contributed by atoms with E-state index in [0.717, 1.165) is 29.0 Å². The van der Waals surface area contributed by atoms with E-state index in [1.54, 1.807) is 19.2 Å². The normalized spacial score (nSPS) is 10.8. The fourth-order valence-corrected chi connectivity index (χ4v) is 2.59. The zero-order valence-corrected chi connectivity index (χ0v) is 19.8. The molecule has 0 heterocycles. The van der Waals surface area contributed by atoms with E-state index in [-0.39, 0.29) is 29.7 Å². The van der Waals surface area contributed by atoms with Gasteiger partial charge in [-0.1, -0.05) is 24.3 Å². The number of hydrogen-bond acceptors (Lipinski definition) is 5. The molecule has 0 saturated heterocycles. The minimum atomic E-state index is -0.410. The number of rotatable bonds is 10. The van der Waals surface area contributed by atoms with Gasteiger partial charge in [-0.2, -0.15) is 0 Å². The molecule has 0 unspecified atom stereocenters. The molecule has 2 aromatic carbocycles. The van der Waals surface area contributed by atoms with Gasteiger partial charge in [0.15, 0.2) is 5.96 Å². The van der Waals surface area contributed by atoms with Gasteiger partial charge >= 0.3 is 0 Å². The Morgan fingerprint density at radius 3 is 2.50 bits per heavy atom. The molecule has 2 rings (SSSR count). The maximum atomic E-state index is 10.8. The highest BCUT2D eigenvalue weighted by molar-refractivity contribution is 14.0. The Kier molecular flexibility index (Phi) is 11.8. The second kappa shape index (κ2) is 13.8. The van der Waals surface area contributed by atoms with Crippen molar-refractivity contribution in [1.82, 2.24) is 10.6 Å². The predicted octanol–water partition coefficient (Wildman–Crippen LogP) is 3.80. The van der Waals surface area contributed by atoms with Crippen molar-refractivity contribution in [1.29, 1.82) is 0 Å². The van der Waals surface area contributed by atoms with Crippen molar-refractivity contribution in [3.8, 4) is 5.75 Å². The van der Waals surface area contributed by atoms with E-state index in [2.05, 4.69) is 15.6 Å². The first kappa shape index (κ1) is 25.6. The van der Waals surface area contributed by atoms with Crippen LogP contribution >= 0.6 is 24.0 Å². The Hall–Kier alpha value is -2.40. The molecular weight excluding hydrogens is 499 g/mol. The molecule has 9 heteroatoms. The van der Waals surface area contributed by atoms with Crippen molar-refractivity contribution in [3.05, 3.63) is 69.3 Å². The number of nitrogens with zero attached hydrogens (tertiary/aromatic N) is 2. The smallest absolute Gasteiger partial charge is 0.269 e. The van der Waals surface area contributed by atoms with Crippen LogP contribution in [0.1, 0.15) is 23.6 Å². The monoisotopic (exact) mass is 528 g/mol. The first-order valence-corrected chi connectivity index (χ1v) is 9.50. The number of aliphatic imine (C=N–C) groups is 1. The lowest BCUT2D eigenvalue weighted by Crippen LogP contribution is -2.36. The third-order valence-electron chi connectivity index (χ3n) is 4.13. The van der Waals surface area contributed by atoms with Crippen LogP contribution in [0.4, 0.5) is 5.69 Å². The Balaban J connectivity index is 0.00000450. The van der Waals surface area contributed by atoms with Crippen LogP contribution in [-0.2, 0) is 17.8 Å². The van der Waals surface area contributed by atoms with E-state index >= 15 is 0 Å². The van der Waals surface area contributed by atoms with Gasteiger partial charge in [0.1, 0.15) is 12.4 Å². The van der Waals surface area contributed by atoms with Gasteiger partial charge in [-0.3, -0.25) is 10.1 Å². The van der Waals surface area contributed by atoms with Crippen LogP contribution in [0.2, 0.25) is 0 Å². The van der Waals surface area contributed by atoms with Gasteiger partial charge in [-0.15, -0.1) is 24.0 Å². The Morgan fingerprint density at radius 1 is 1.13 bits per heavy atom. The van der Waals surface area contributed by atoms with Crippen LogP contribution in [-0.4, -0.2) is 37.8 Å². The van der Waals surface area contributed by atoms with Gasteiger partial charge in [0.05, 0.1) is 18.1 Å². The molecule has 0 saturated carbocycles. The largest absolute Gasteiger partial charge is 0.491 e. The minimum Gasteiger partial charge on any atom is -0.491 e. The SMILES string of the molecule is CCNC(=NCc1ccc([N+](=O)[O-])cc1)NCc1ccc(C)cc1OCCOC.I. The first-order chi connectivity index (χ1) is 14.0. The zero-order valence-electron chi connectivity index (χ0n) is 17.5. The third kappa shape index (κ3) is 8.54. The molecule has 0 spiro atoms. The van der Waals surface area contributed by atoms with E-state index in [4.69, 9.17) is 9.47 Å². The Bertz CT molecular complexity index is 828. The van der Waals surface area contributed by atoms with Crippen LogP contribution in [0.15, 0.2) is 47.5 Å². The molecule has 0 atom stereocenters. The molecule has 0 aliphatic rings. The van der Waals surface area contributed by atoms with E-state index in [1.165, 1.54) is 12.1 Å². The number of non-ortho nitro benzene ring substituents is 1. The molecule has 2 N–H and O–H groups in total. The molecule has 0 bridgehead atoms. The lowest BCUT2D eigenvalue weighted by molar-refractivity contribution is -0.384. The van der Waals surface area contributed by atoms with Crippen LogP contribution in [0.5, 0.6) is 5.75 Å². The van der Waals surface area contributed by atoms with Crippen molar-refractivity contribution < 1.29 is 14.4 Å². The van der Waals surface area contributed by atoms with Crippen molar-refractivity contribution in [2.24, 2.45) is 4.99 Å². The average Bonchev–Trinajstić information content (AvgIpc) is 2.71. The molecule has 0 aliphatic carbocycles. The molecule has 0 amide bonds. The predicted molar refractivity (Wildman–Crippen MR) is 129 cm³/mol. The number of nitro benzene ring substituents is 1. The maximum absolute atomic E-state index is 10.8. The van der Waals surface area contributed by atoms with Crippen molar-refractivity contribution in [2.75, 3.05) is 26.9 Å². The molecule has 2 aromatic rings. The van der Waals surface area contributed by atoms with E-state index < -0.39 is 4.92 Å². The summed E-state index contributed by atoms with van der Waals surface area (Å²) in [6, 6.07) is 12.5. The Morgan fingerprint density at radius 2 is 1.87 bits per heavy atom. The molecule has 30 heavy (non-hydrogen) atoms. The summed E-state index contributed by atoms with van der Waals surface area (Å²) >= 11 is 0. The van der Waals surface area contributed by atoms with Crippen LogP contribution < -0.4 is 15.4 Å². The van der Waals surface area contributed by atoms with Crippen LogP contribution in [0.25, 0.3) is 0 Å². The number of benzene rings is 2. The maximum Gasteiger partial charge on any atom is 0.269 e. The fourth-order valence-electron chi connectivity index (χ4n) is 2.59. The molecule has 8 nitrogen and oxygen atoms in total. The number of ether oxygens (including phenoxy) is 2. The molecule has 0 fully saturated rings. The summed E-state index contributed by atoms with van der Waals surface area (Å²) in [5.74, 6) is 1.48. The van der Waals surface area contributed by atoms with Crippen molar-refractivity contribution >= 4 is 35.6 Å². The fraction of sp³-hybridized carbons (Fsp3) is 0.381. The number of methoxy groups -OCH3 is 1. The number of guanidine groups is 1.